The number of carbonyl (C=O) groups is 2. The van der Waals surface area contributed by atoms with Crippen LogP contribution in [0.4, 0.5) is 4.79 Å². The van der Waals surface area contributed by atoms with E-state index in [0.29, 0.717) is 38.3 Å². The fourth-order valence-corrected chi connectivity index (χ4v) is 7.30. The van der Waals surface area contributed by atoms with Crippen molar-refractivity contribution in [2.75, 3.05) is 20.2 Å². The zero-order chi connectivity index (χ0) is 24.3. The van der Waals surface area contributed by atoms with Gasteiger partial charge in [-0.25, -0.2) is 4.79 Å². The van der Waals surface area contributed by atoms with Crippen molar-refractivity contribution in [3.05, 3.63) is 23.1 Å². The highest BCUT2D eigenvalue weighted by Crippen LogP contribution is 2.60. The van der Waals surface area contributed by atoms with E-state index >= 15 is 0 Å². The van der Waals surface area contributed by atoms with Gasteiger partial charge >= 0.3 is 6.09 Å². The summed E-state index contributed by atoms with van der Waals surface area (Å²) < 4.78 is 12.2. The zero-order valence-corrected chi connectivity index (χ0v) is 20.7. The van der Waals surface area contributed by atoms with Gasteiger partial charge in [0.2, 0.25) is 0 Å². The topological polar surface area (TPSA) is 91.7 Å². The minimum atomic E-state index is -1.18. The summed E-state index contributed by atoms with van der Waals surface area (Å²) in [5.41, 5.74) is 1.11. The van der Waals surface area contributed by atoms with Crippen LogP contribution in [-0.4, -0.2) is 77.1 Å². The van der Waals surface area contributed by atoms with Crippen LogP contribution in [-0.2, 0) is 14.3 Å². The second-order valence-corrected chi connectivity index (χ2v) is 10.7. The highest BCUT2D eigenvalue weighted by Gasteiger charge is 2.69. The molecule has 2 saturated carbocycles. The van der Waals surface area contributed by atoms with Gasteiger partial charge in [-0.1, -0.05) is 6.92 Å². The lowest BCUT2D eigenvalue weighted by Gasteiger charge is -2.43. The Morgan fingerprint density at radius 2 is 2.00 bits per heavy atom. The van der Waals surface area contributed by atoms with Crippen LogP contribution < -0.4 is 0 Å². The molecule has 186 valence electrons. The first kappa shape index (κ1) is 23.4. The number of carbonyl (C=O) groups excluding carboxylic acids is 1. The fraction of sp³-hybridized carbons (Fsp3) is 0.731. The maximum Gasteiger partial charge on any atom is 0.408 e. The van der Waals surface area contributed by atoms with Crippen molar-refractivity contribution in [3.8, 4) is 0 Å². The van der Waals surface area contributed by atoms with Crippen LogP contribution in [0.25, 0.3) is 0 Å². The lowest BCUT2D eigenvalue weighted by molar-refractivity contribution is -0.140. The van der Waals surface area contributed by atoms with Crippen LogP contribution in [0.1, 0.15) is 65.7 Å². The van der Waals surface area contributed by atoms with E-state index in [4.69, 9.17) is 9.47 Å². The lowest BCUT2D eigenvalue weighted by Crippen LogP contribution is -2.59. The summed E-state index contributed by atoms with van der Waals surface area (Å²) in [6.45, 7) is 7.22. The van der Waals surface area contributed by atoms with Crippen LogP contribution in [0.3, 0.4) is 0 Å². The monoisotopic (exact) mass is 471 g/mol. The van der Waals surface area contributed by atoms with Crippen LogP contribution in [0.5, 0.6) is 0 Å². The van der Waals surface area contributed by atoms with E-state index in [9.17, 15) is 14.7 Å². The van der Waals surface area contributed by atoms with Gasteiger partial charge in [0.15, 0.2) is 5.54 Å². The molecule has 0 aromatic heterocycles. The predicted octanol–water partition coefficient (Wildman–Crippen LogP) is 3.97. The summed E-state index contributed by atoms with van der Waals surface area (Å²) in [7, 11) is 1.56. The van der Waals surface area contributed by atoms with Gasteiger partial charge in [-0.2, -0.15) is 0 Å². The molecule has 34 heavy (non-hydrogen) atoms. The molecule has 2 aliphatic heterocycles. The Bertz CT molecular complexity index is 969. The van der Waals surface area contributed by atoms with Crippen molar-refractivity contribution >= 4 is 18.2 Å². The number of ether oxygens (including phenoxy) is 2. The van der Waals surface area contributed by atoms with Crippen molar-refractivity contribution in [2.45, 2.75) is 89.5 Å². The van der Waals surface area contributed by atoms with E-state index in [2.05, 4.69) is 11.9 Å². The highest BCUT2D eigenvalue weighted by molar-refractivity contribution is 5.94. The molecule has 0 aromatic carbocycles. The summed E-state index contributed by atoms with van der Waals surface area (Å²) in [4.78, 5) is 34.1. The average molecular weight is 472 g/mol. The first-order chi connectivity index (χ1) is 16.3. The molecular formula is C26H37N3O5. The van der Waals surface area contributed by atoms with E-state index in [1.165, 1.54) is 10.5 Å². The van der Waals surface area contributed by atoms with Crippen molar-refractivity contribution in [1.82, 2.24) is 9.80 Å². The molecule has 2 heterocycles. The molecule has 2 amide bonds. The largest absolute Gasteiger partial charge is 0.493 e. The number of rotatable bonds is 6. The van der Waals surface area contributed by atoms with Gasteiger partial charge in [-0.05, 0) is 57.4 Å². The molecule has 5 rings (SSSR count). The molecule has 4 unspecified atom stereocenters. The Morgan fingerprint density at radius 1 is 1.24 bits per heavy atom. The molecule has 8 nitrogen and oxygen atoms in total. The molecule has 6 atom stereocenters. The van der Waals surface area contributed by atoms with Gasteiger partial charge in [0.1, 0.15) is 11.9 Å². The molecule has 8 heteroatoms. The minimum Gasteiger partial charge on any atom is -0.493 e. The van der Waals surface area contributed by atoms with Crippen molar-refractivity contribution in [1.29, 1.82) is 0 Å². The molecule has 0 radical (unpaired) electrons. The van der Waals surface area contributed by atoms with Gasteiger partial charge in [0.25, 0.3) is 5.91 Å². The number of hydrogen-bond acceptors (Lipinski definition) is 5. The normalized spacial score (nSPS) is 37.7. The Balaban J connectivity index is 1.53. The molecule has 0 aromatic rings. The molecule has 5 aliphatic rings. The summed E-state index contributed by atoms with van der Waals surface area (Å²) in [6, 6.07) is -0.398. The van der Waals surface area contributed by atoms with Crippen LogP contribution in [0.2, 0.25) is 0 Å². The van der Waals surface area contributed by atoms with Crippen LogP contribution in [0, 0.1) is 11.3 Å². The van der Waals surface area contributed by atoms with Gasteiger partial charge in [-0.3, -0.25) is 14.7 Å². The van der Waals surface area contributed by atoms with E-state index in [1.54, 1.807) is 12.0 Å². The molecular weight excluding hydrogens is 434 g/mol. The number of amides is 2. The Labute approximate surface area is 201 Å². The van der Waals surface area contributed by atoms with Gasteiger partial charge in [0, 0.05) is 62.5 Å². The van der Waals surface area contributed by atoms with Crippen molar-refractivity contribution < 1.29 is 24.2 Å². The zero-order valence-electron chi connectivity index (χ0n) is 20.7. The van der Waals surface area contributed by atoms with E-state index < -0.39 is 23.8 Å². The maximum atomic E-state index is 13.6. The van der Waals surface area contributed by atoms with Gasteiger partial charge < -0.3 is 19.5 Å². The van der Waals surface area contributed by atoms with Gasteiger partial charge in [0.05, 0.1) is 6.10 Å². The third kappa shape index (κ3) is 3.24. The number of likely N-dealkylation sites (N-methyl/N-ethyl adjacent to an activating group) is 1. The molecule has 3 aliphatic carbocycles. The quantitative estimate of drug-likeness (QED) is 0.633. The Hall–Kier alpha value is -2.35. The summed E-state index contributed by atoms with van der Waals surface area (Å²) in [5.74, 6) is 1.38. The Morgan fingerprint density at radius 3 is 2.65 bits per heavy atom. The van der Waals surface area contributed by atoms with Gasteiger partial charge in [-0.15, -0.1) is 0 Å². The minimum absolute atomic E-state index is 0.0543. The number of aliphatic imine (C=N–C) groups is 1. The number of methoxy groups -OCH3 is 1. The van der Waals surface area contributed by atoms with Crippen LogP contribution >= 0.6 is 0 Å². The lowest BCUT2D eigenvalue weighted by atomic mass is 9.61. The molecule has 0 saturated heterocycles. The van der Waals surface area contributed by atoms with E-state index in [1.807, 2.05) is 26.3 Å². The number of carboxylic acid groups (broad SMARTS) is 1. The summed E-state index contributed by atoms with van der Waals surface area (Å²) >= 11 is 0. The van der Waals surface area contributed by atoms with E-state index in [-0.39, 0.29) is 17.4 Å². The molecule has 1 N–H and O–H groups in total. The third-order valence-corrected chi connectivity index (χ3v) is 8.88. The average Bonchev–Trinajstić information content (AvgIpc) is 3.48. The first-order valence-electron chi connectivity index (χ1n) is 12.8. The maximum absolute atomic E-state index is 13.6. The molecule has 2 fully saturated rings. The smallest absolute Gasteiger partial charge is 0.408 e. The summed E-state index contributed by atoms with van der Waals surface area (Å²) in [5, 5.41) is 10.4. The number of hydrogen-bond donors (Lipinski definition) is 1. The molecule has 1 spiro atoms. The fourth-order valence-electron chi connectivity index (χ4n) is 7.30. The standard InChI is InChI=1S/C26H37N3O5/c1-5-28(6-2)23(30)26(14-21(26)33-4)29(24(31)32)18-11-17-15-27-10-9-25-13-16(3)7-8-20(25)34-19(12-18)22(17)25/h10,15-16,18,20-21H,5-9,11-14H2,1-4H3,(H,31,32)/t16?,18-,20-,21?,25?,26?/m1/s1. The summed E-state index contributed by atoms with van der Waals surface area (Å²) in [6.07, 6.45) is 8.03. The Kier molecular flexibility index (Phi) is 5.78. The SMILES string of the molecule is CCN(CC)C(=O)C1(N(C(=O)O)[C@@H]2CC3=CN=CCC45CC(C)CC[C@H]4OC(=C35)C2)CC1OC. The molecule has 0 bridgehead atoms. The van der Waals surface area contributed by atoms with E-state index in [0.717, 1.165) is 37.0 Å². The van der Waals surface area contributed by atoms with Crippen LogP contribution in [0.15, 0.2) is 28.1 Å². The second-order valence-electron chi connectivity index (χ2n) is 10.7. The third-order valence-electron chi connectivity index (χ3n) is 8.88. The van der Waals surface area contributed by atoms with Crippen molar-refractivity contribution in [2.24, 2.45) is 16.3 Å². The highest BCUT2D eigenvalue weighted by atomic mass is 16.5. The van der Waals surface area contributed by atoms with Crippen molar-refractivity contribution in [3.63, 3.8) is 0 Å². The number of nitrogens with zero attached hydrogens (tertiary/aromatic N) is 3. The second kappa shape index (κ2) is 8.40. The first-order valence-corrected chi connectivity index (χ1v) is 12.8. The predicted molar refractivity (Wildman–Crippen MR) is 127 cm³/mol.